The Kier molecular flexibility index (Phi) is 5.55. The van der Waals surface area contributed by atoms with E-state index in [0.29, 0.717) is 45.4 Å². The number of carbonyl (C=O) groups excluding carboxylic acids is 3. The summed E-state index contributed by atoms with van der Waals surface area (Å²) in [5, 5.41) is 13.3. The number of carbonyl (C=O) groups is 3. The number of ketones is 1. The number of hydrogen-bond donors (Lipinski definition) is 0. The van der Waals surface area contributed by atoms with Crippen LogP contribution in [0.2, 0.25) is 0 Å². The van der Waals surface area contributed by atoms with E-state index in [1.807, 2.05) is 0 Å². The summed E-state index contributed by atoms with van der Waals surface area (Å²) in [6.45, 7) is 0. The topological polar surface area (TPSA) is 92.7 Å². The molecule has 0 spiro atoms. The molecule has 40 heavy (non-hydrogen) atoms. The molecule has 204 valence electrons. The molecule has 0 radical (unpaired) electrons. The Balaban J connectivity index is 1.38. The number of benzene rings is 3. The van der Waals surface area contributed by atoms with Crippen molar-refractivity contribution >= 4 is 48.4 Å². The van der Waals surface area contributed by atoms with Gasteiger partial charge in [0.1, 0.15) is 17.4 Å². The predicted octanol–water partition coefficient (Wildman–Crippen LogP) is 5.68. The fraction of sp³-hybridized carbons (Fsp3) is 0.323. The quantitative estimate of drug-likeness (QED) is 0.177. The highest BCUT2D eigenvalue weighted by atomic mass is 32.2. The molecule has 4 aromatic rings. The van der Waals surface area contributed by atoms with E-state index in [9.17, 15) is 28.3 Å². The van der Waals surface area contributed by atoms with E-state index in [2.05, 4.69) is 0 Å². The summed E-state index contributed by atoms with van der Waals surface area (Å²) in [5.41, 5.74) is -0.931. The molecule has 1 heterocycles. The van der Waals surface area contributed by atoms with Crippen molar-refractivity contribution in [3.05, 3.63) is 65.7 Å². The molecular weight excluding hydrogens is 538 g/mol. The monoisotopic (exact) mass is 562 g/mol. The minimum absolute atomic E-state index is 0.0542. The van der Waals surface area contributed by atoms with Gasteiger partial charge in [-0.25, -0.2) is 8.78 Å². The van der Waals surface area contributed by atoms with Gasteiger partial charge in [-0.05, 0) is 68.4 Å². The van der Waals surface area contributed by atoms with Gasteiger partial charge in [-0.2, -0.15) is 0 Å². The average molecular weight is 563 g/mol. The molecule has 2 unspecified atom stereocenters. The SMILES string of the molecule is COc1cc(C(=O)[O-])c(-[s+]2c3ccc(F)cc3c3cc(F)ccc32)cc1OC(=O)C12CC3CC(C1)C(=O)C(C3)C2. The van der Waals surface area contributed by atoms with Crippen LogP contribution in [0.5, 0.6) is 11.5 Å². The Morgan fingerprint density at radius 1 is 0.900 bits per heavy atom. The molecular formula is C31H24F2O6S. The summed E-state index contributed by atoms with van der Waals surface area (Å²) in [6.07, 6.45) is 3.24. The van der Waals surface area contributed by atoms with Gasteiger partial charge < -0.3 is 19.4 Å². The number of carboxylic acids is 1. The van der Waals surface area contributed by atoms with E-state index in [1.54, 1.807) is 12.1 Å². The highest BCUT2D eigenvalue weighted by Gasteiger charge is 2.59. The van der Waals surface area contributed by atoms with Crippen molar-refractivity contribution in [1.29, 1.82) is 0 Å². The van der Waals surface area contributed by atoms with Crippen LogP contribution in [0.1, 0.15) is 42.5 Å². The lowest BCUT2D eigenvalue weighted by molar-refractivity contribution is -0.254. The van der Waals surface area contributed by atoms with Crippen LogP contribution in [-0.2, 0) is 9.59 Å². The summed E-state index contributed by atoms with van der Waals surface area (Å²) in [7, 11) is 0.265. The standard InChI is InChI=1S/C31H24F2O6S/c1-38-23-10-22(29(35)36)27(40-25-4-2-18(32)8-20(25)21-9-19(33)3-5-26(21)40)11-24(23)39-30(37)31-12-15-6-16(13-31)28(34)17(7-15)14-31/h2-5,8-11,15-17H,6-7,12-14H2,1H3. The maximum atomic E-state index is 14.2. The Labute approximate surface area is 230 Å². The van der Waals surface area contributed by atoms with Crippen molar-refractivity contribution in [3.8, 4) is 16.4 Å². The molecule has 4 aliphatic rings. The summed E-state index contributed by atoms with van der Waals surface area (Å²) >= 11 is 0. The van der Waals surface area contributed by atoms with E-state index in [4.69, 9.17) is 9.47 Å². The molecule has 4 aliphatic carbocycles. The van der Waals surface area contributed by atoms with Crippen LogP contribution in [0.3, 0.4) is 0 Å². The van der Waals surface area contributed by atoms with Gasteiger partial charge in [-0.1, -0.05) is 0 Å². The summed E-state index contributed by atoms with van der Waals surface area (Å²) in [6, 6.07) is 11.0. The fourth-order valence-electron chi connectivity index (χ4n) is 7.45. The summed E-state index contributed by atoms with van der Waals surface area (Å²) < 4.78 is 41.2. The number of methoxy groups -OCH3 is 1. The van der Waals surface area contributed by atoms with E-state index < -0.39 is 39.5 Å². The second kappa shape index (κ2) is 8.83. The van der Waals surface area contributed by atoms with E-state index in [1.165, 1.54) is 43.5 Å². The van der Waals surface area contributed by atoms with Gasteiger partial charge in [-0.15, -0.1) is 0 Å². The smallest absolute Gasteiger partial charge is 0.317 e. The van der Waals surface area contributed by atoms with Gasteiger partial charge in [0.2, 0.25) is 0 Å². The summed E-state index contributed by atoms with van der Waals surface area (Å²) in [5.74, 6) is -2.46. The minimum atomic E-state index is -1.46. The zero-order valence-corrected chi connectivity index (χ0v) is 22.3. The normalized spacial score (nSPS) is 25.1. The fourth-order valence-corrected chi connectivity index (χ4v) is 9.93. The highest BCUT2D eigenvalue weighted by molar-refractivity contribution is 7.50. The predicted molar refractivity (Wildman–Crippen MR) is 143 cm³/mol. The number of thiophene rings is 1. The zero-order valence-electron chi connectivity index (χ0n) is 21.5. The Bertz CT molecular complexity index is 1700. The maximum absolute atomic E-state index is 14.2. The lowest BCUT2D eigenvalue weighted by Crippen LogP contribution is -2.55. The van der Waals surface area contributed by atoms with Crippen LogP contribution < -0.4 is 14.6 Å². The molecule has 3 aromatic carbocycles. The third kappa shape index (κ3) is 3.67. The first-order chi connectivity index (χ1) is 19.2. The molecule has 0 saturated heterocycles. The van der Waals surface area contributed by atoms with Crippen LogP contribution >= 0.6 is 10.5 Å². The third-order valence-electron chi connectivity index (χ3n) is 8.95. The highest BCUT2D eigenvalue weighted by Crippen LogP contribution is 2.59. The number of carboxylic acid groups (broad SMARTS) is 1. The third-order valence-corrected chi connectivity index (χ3v) is 11.3. The maximum Gasteiger partial charge on any atom is 0.317 e. The van der Waals surface area contributed by atoms with Crippen molar-refractivity contribution in [3.63, 3.8) is 0 Å². The number of hydrogen-bond acceptors (Lipinski definition) is 6. The number of aromatic carboxylic acids is 1. The lowest BCUT2D eigenvalue weighted by Gasteiger charge is -2.53. The van der Waals surface area contributed by atoms with Crippen molar-refractivity contribution in [1.82, 2.24) is 0 Å². The van der Waals surface area contributed by atoms with Crippen molar-refractivity contribution in [2.75, 3.05) is 7.11 Å². The molecule has 0 N–H and O–H groups in total. The van der Waals surface area contributed by atoms with Crippen molar-refractivity contribution in [2.24, 2.45) is 23.2 Å². The first kappa shape index (κ1) is 25.1. The first-order valence-electron chi connectivity index (χ1n) is 13.2. The molecule has 0 aliphatic heterocycles. The van der Waals surface area contributed by atoms with Crippen LogP contribution in [0.4, 0.5) is 8.78 Å². The molecule has 4 bridgehead atoms. The minimum Gasteiger partial charge on any atom is -0.545 e. The van der Waals surface area contributed by atoms with Gasteiger partial charge in [0, 0.05) is 40.5 Å². The van der Waals surface area contributed by atoms with Crippen LogP contribution in [0.25, 0.3) is 25.1 Å². The Hall–Kier alpha value is -3.85. The summed E-state index contributed by atoms with van der Waals surface area (Å²) in [4.78, 5) is 39.0. The molecule has 9 heteroatoms. The van der Waals surface area contributed by atoms with Crippen LogP contribution in [-0.4, -0.2) is 24.8 Å². The Morgan fingerprint density at radius 3 is 2.05 bits per heavy atom. The van der Waals surface area contributed by atoms with E-state index >= 15 is 0 Å². The molecule has 2 atom stereocenters. The van der Waals surface area contributed by atoms with Crippen molar-refractivity contribution in [2.45, 2.75) is 32.1 Å². The van der Waals surface area contributed by atoms with E-state index in [-0.39, 0.29) is 39.6 Å². The van der Waals surface area contributed by atoms with E-state index in [0.717, 1.165) is 12.8 Å². The van der Waals surface area contributed by atoms with Gasteiger partial charge in [0.25, 0.3) is 0 Å². The first-order valence-corrected chi connectivity index (χ1v) is 14.4. The number of fused-ring (bicyclic) bond motifs is 3. The molecule has 4 saturated carbocycles. The largest absolute Gasteiger partial charge is 0.545 e. The Morgan fingerprint density at radius 2 is 1.50 bits per heavy atom. The lowest BCUT2D eigenvalue weighted by atomic mass is 9.49. The van der Waals surface area contributed by atoms with Gasteiger partial charge in [0.15, 0.2) is 25.8 Å². The zero-order chi connectivity index (χ0) is 27.9. The number of Topliss-reactive ketones (excluding diaryl/α,β-unsaturated/α-hetero) is 1. The van der Waals surface area contributed by atoms with Crippen LogP contribution in [0.15, 0.2) is 48.5 Å². The average Bonchev–Trinajstić information content (AvgIpc) is 3.23. The second-order valence-electron chi connectivity index (χ2n) is 11.3. The molecule has 4 fully saturated rings. The number of halogens is 2. The van der Waals surface area contributed by atoms with Gasteiger partial charge >= 0.3 is 5.97 Å². The molecule has 1 aromatic heterocycles. The molecule has 0 amide bonds. The van der Waals surface area contributed by atoms with Gasteiger partial charge in [0.05, 0.1) is 34.8 Å². The van der Waals surface area contributed by atoms with Gasteiger partial charge in [-0.3, -0.25) is 9.59 Å². The van der Waals surface area contributed by atoms with Crippen molar-refractivity contribution < 1.29 is 37.7 Å². The number of rotatable bonds is 5. The van der Waals surface area contributed by atoms with Crippen LogP contribution in [0, 0.1) is 34.8 Å². The number of ether oxygens (including phenoxy) is 2. The second-order valence-corrected chi connectivity index (χ2v) is 13.2. The molecule has 8 rings (SSSR count). The molecule has 6 nitrogen and oxygen atoms in total. The number of esters is 1.